The van der Waals surface area contributed by atoms with Gasteiger partial charge in [-0.3, -0.25) is 9.48 Å². The van der Waals surface area contributed by atoms with Crippen molar-refractivity contribution in [3.63, 3.8) is 0 Å². The van der Waals surface area contributed by atoms with E-state index in [4.69, 9.17) is 14.5 Å². The van der Waals surface area contributed by atoms with Crippen LogP contribution in [0.2, 0.25) is 0 Å². The molecule has 0 saturated carbocycles. The van der Waals surface area contributed by atoms with Crippen molar-refractivity contribution < 1.29 is 14.3 Å². The topological polar surface area (TPSA) is 131 Å². The normalized spacial score (nSPS) is 17.6. The van der Waals surface area contributed by atoms with Crippen LogP contribution in [0.25, 0.3) is 22.2 Å². The first kappa shape index (κ1) is 22.8. The summed E-state index contributed by atoms with van der Waals surface area (Å²) >= 11 is 0. The van der Waals surface area contributed by atoms with E-state index >= 15 is 0 Å². The summed E-state index contributed by atoms with van der Waals surface area (Å²) in [5.74, 6) is 0.804. The Balaban J connectivity index is 1.43. The number of fused-ring (bicyclic) bond motifs is 1. The molecule has 1 amide bonds. The van der Waals surface area contributed by atoms with E-state index in [1.807, 2.05) is 38.4 Å². The van der Waals surface area contributed by atoms with E-state index < -0.39 is 0 Å². The van der Waals surface area contributed by atoms with Gasteiger partial charge in [0.05, 0.1) is 42.4 Å². The molecule has 3 aromatic heterocycles. The summed E-state index contributed by atoms with van der Waals surface area (Å²) in [4.78, 5) is 25.3. The summed E-state index contributed by atoms with van der Waals surface area (Å²) in [5.41, 5.74) is 4.83. The molecule has 1 saturated heterocycles. The fraction of sp³-hybridized carbons (Fsp3) is 0.333. The maximum Gasteiger partial charge on any atom is 0.256 e. The van der Waals surface area contributed by atoms with E-state index in [0.717, 1.165) is 27.7 Å². The third-order valence-corrected chi connectivity index (χ3v) is 6.18. The highest BCUT2D eigenvalue weighted by atomic mass is 16.5. The molecule has 0 aliphatic carbocycles. The SMILES string of the molecule is COc1nn(C)cc1Nc1ncc(C)c(-c2c[nH]c3c(NC(=O)[C@H]4C[C@H](OC)CN4)cccc23)n1. The molecular formula is C24H28N8O3. The molecule has 1 aromatic carbocycles. The minimum absolute atomic E-state index is 0.0498. The van der Waals surface area contributed by atoms with Gasteiger partial charge < -0.3 is 30.4 Å². The molecule has 11 nitrogen and oxygen atoms in total. The third-order valence-electron chi connectivity index (χ3n) is 6.18. The second-order valence-electron chi connectivity index (χ2n) is 8.55. The number of H-pyrrole nitrogens is 1. The first-order chi connectivity index (χ1) is 17.0. The number of ether oxygens (including phenoxy) is 2. The lowest BCUT2D eigenvalue weighted by Crippen LogP contribution is -2.35. The number of carbonyl (C=O) groups excluding carboxylic acids is 1. The number of para-hydroxylation sites is 1. The maximum absolute atomic E-state index is 12.8. The molecule has 1 fully saturated rings. The lowest BCUT2D eigenvalue weighted by atomic mass is 10.1. The fourth-order valence-corrected chi connectivity index (χ4v) is 4.36. The second kappa shape index (κ2) is 9.35. The molecule has 35 heavy (non-hydrogen) atoms. The van der Waals surface area contributed by atoms with Gasteiger partial charge in [0.25, 0.3) is 5.88 Å². The molecule has 2 atom stereocenters. The lowest BCUT2D eigenvalue weighted by Gasteiger charge is -2.12. The van der Waals surface area contributed by atoms with Gasteiger partial charge in [0, 0.05) is 44.0 Å². The van der Waals surface area contributed by atoms with Crippen LogP contribution in [-0.2, 0) is 16.6 Å². The Bertz CT molecular complexity index is 1380. The number of amides is 1. The zero-order valence-electron chi connectivity index (χ0n) is 20.0. The van der Waals surface area contributed by atoms with Crippen molar-refractivity contribution in [1.29, 1.82) is 0 Å². The number of carbonyl (C=O) groups is 1. The molecule has 4 heterocycles. The smallest absolute Gasteiger partial charge is 0.256 e. The number of hydrogen-bond acceptors (Lipinski definition) is 8. The van der Waals surface area contributed by atoms with Crippen molar-refractivity contribution in [2.45, 2.75) is 25.5 Å². The van der Waals surface area contributed by atoms with Crippen molar-refractivity contribution >= 4 is 34.1 Å². The predicted octanol–water partition coefficient (Wildman–Crippen LogP) is 2.73. The first-order valence-corrected chi connectivity index (χ1v) is 11.3. The van der Waals surface area contributed by atoms with Crippen LogP contribution in [-0.4, -0.2) is 63.5 Å². The summed E-state index contributed by atoms with van der Waals surface area (Å²) in [6.07, 6.45) is 6.17. The molecule has 182 valence electrons. The summed E-state index contributed by atoms with van der Waals surface area (Å²) in [6, 6.07) is 5.53. The van der Waals surface area contributed by atoms with Gasteiger partial charge in [-0.25, -0.2) is 9.97 Å². The number of anilines is 3. The van der Waals surface area contributed by atoms with E-state index in [1.54, 1.807) is 31.3 Å². The number of aromatic nitrogens is 5. The van der Waals surface area contributed by atoms with Crippen LogP contribution in [0.15, 0.2) is 36.8 Å². The first-order valence-electron chi connectivity index (χ1n) is 11.3. The van der Waals surface area contributed by atoms with Crippen LogP contribution >= 0.6 is 0 Å². The van der Waals surface area contributed by atoms with Crippen molar-refractivity contribution in [2.24, 2.45) is 7.05 Å². The summed E-state index contributed by atoms with van der Waals surface area (Å²) in [6.45, 7) is 2.63. The summed E-state index contributed by atoms with van der Waals surface area (Å²) in [7, 11) is 5.04. The number of rotatable bonds is 7. The van der Waals surface area contributed by atoms with Crippen LogP contribution in [0.4, 0.5) is 17.3 Å². The van der Waals surface area contributed by atoms with Crippen molar-refractivity contribution in [2.75, 3.05) is 31.4 Å². The van der Waals surface area contributed by atoms with Crippen molar-refractivity contribution in [1.82, 2.24) is 30.0 Å². The van der Waals surface area contributed by atoms with E-state index in [2.05, 4.69) is 31.0 Å². The Labute approximate surface area is 202 Å². The quantitative estimate of drug-likeness (QED) is 0.320. The molecule has 0 spiro atoms. The second-order valence-corrected chi connectivity index (χ2v) is 8.55. The molecule has 0 unspecified atom stereocenters. The van der Waals surface area contributed by atoms with Gasteiger partial charge in [0.2, 0.25) is 11.9 Å². The molecule has 0 radical (unpaired) electrons. The average molecular weight is 477 g/mol. The van der Waals surface area contributed by atoms with Crippen LogP contribution in [0.5, 0.6) is 5.88 Å². The van der Waals surface area contributed by atoms with Gasteiger partial charge in [-0.15, -0.1) is 5.10 Å². The largest absolute Gasteiger partial charge is 0.478 e. The Morgan fingerprint density at radius 1 is 1.26 bits per heavy atom. The van der Waals surface area contributed by atoms with E-state index in [9.17, 15) is 4.79 Å². The molecule has 4 N–H and O–H groups in total. The zero-order valence-corrected chi connectivity index (χ0v) is 20.0. The standard InChI is InChI=1S/C24H28N8O3/c1-13-9-27-24(29-19-12-32(2)31-23(19)35-4)30-20(13)16-11-26-21-15(16)6-5-7-17(21)28-22(33)18-8-14(34-3)10-25-18/h5-7,9,11-12,14,18,25-26H,8,10H2,1-4H3,(H,28,33)(H,27,29,30)/t14-,18+/m0/s1. The average Bonchev–Trinajstić information content (AvgIpc) is 3.59. The monoisotopic (exact) mass is 476 g/mol. The highest BCUT2D eigenvalue weighted by molar-refractivity contribution is 6.06. The Morgan fingerprint density at radius 3 is 2.89 bits per heavy atom. The summed E-state index contributed by atoms with van der Waals surface area (Å²) < 4.78 is 12.3. The van der Waals surface area contributed by atoms with Gasteiger partial charge in [0.15, 0.2) is 0 Å². The van der Waals surface area contributed by atoms with Crippen molar-refractivity contribution in [3.8, 4) is 17.1 Å². The molecule has 1 aliphatic rings. The molecule has 5 rings (SSSR count). The third kappa shape index (κ3) is 4.43. The molecule has 1 aliphatic heterocycles. The van der Waals surface area contributed by atoms with Gasteiger partial charge in [-0.05, 0) is 25.0 Å². The summed E-state index contributed by atoms with van der Waals surface area (Å²) in [5, 5.41) is 14.7. The number of aryl methyl sites for hydroxylation is 2. The Kier molecular flexibility index (Phi) is 6.10. The Morgan fingerprint density at radius 2 is 2.11 bits per heavy atom. The number of methoxy groups -OCH3 is 2. The number of nitrogens with one attached hydrogen (secondary N) is 4. The molecule has 0 bridgehead atoms. The number of aromatic amines is 1. The van der Waals surface area contributed by atoms with Gasteiger partial charge in [-0.2, -0.15) is 0 Å². The molecule has 11 heteroatoms. The van der Waals surface area contributed by atoms with Gasteiger partial charge in [0.1, 0.15) is 5.69 Å². The fourth-order valence-electron chi connectivity index (χ4n) is 4.36. The number of hydrogen-bond donors (Lipinski definition) is 4. The van der Waals surface area contributed by atoms with Crippen LogP contribution < -0.4 is 20.7 Å². The van der Waals surface area contributed by atoms with Crippen LogP contribution in [0, 0.1) is 6.92 Å². The van der Waals surface area contributed by atoms with Crippen molar-refractivity contribution in [3.05, 3.63) is 42.4 Å². The van der Waals surface area contributed by atoms with E-state index in [0.29, 0.717) is 36.2 Å². The molecular weight excluding hydrogens is 448 g/mol. The predicted molar refractivity (Wildman–Crippen MR) is 133 cm³/mol. The Hall–Kier alpha value is -3.96. The minimum atomic E-state index is -0.285. The maximum atomic E-state index is 12.8. The lowest BCUT2D eigenvalue weighted by molar-refractivity contribution is -0.118. The van der Waals surface area contributed by atoms with Gasteiger partial charge in [-0.1, -0.05) is 12.1 Å². The zero-order chi connectivity index (χ0) is 24.5. The number of nitrogens with zero attached hydrogens (tertiary/aromatic N) is 4. The van der Waals surface area contributed by atoms with Crippen LogP contribution in [0.3, 0.4) is 0 Å². The molecule has 4 aromatic rings. The minimum Gasteiger partial charge on any atom is -0.478 e. The van der Waals surface area contributed by atoms with Gasteiger partial charge >= 0.3 is 0 Å². The number of benzene rings is 1. The highest BCUT2D eigenvalue weighted by Crippen LogP contribution is 2.34. The van der Waals surface area contributed by atoms with E-state index in [1.165, 1.54) is 0 Å². The van der Waals surface area contributed by atoms with E-state index in [-0.39, 0.29) is 18.1 Å². The van der Waals surface area contributed by atoms with Crippen LogP contribution in [0.1, 0.15) is 12.0 Å². The highest BCUT2D eigenvalue weighted by Gasteiger charge is 2.29.